The van der Waals surface area contributed by atoms with Gasteiger partial charge in [-0.25, -0.2) is 0 Å². The van der Waals surface area contributed by atoms with E-state index in [2.05, 4.69) is 23.0 Å². The van der Waals surface area contributed by atoms with Crippen molar-refractivity contribution >= 4 is 0 Å². The first-order valence-electron chi connectivity index (χ1n) is 2.64. The fourth-order valence-electron chi connectivity index (χ4n) is 1.13. The molecule has 0 unspecified atom stereocenters. The second-order valence-corrected chi connectivity index (χ2v) is 2.12. The summed E-state index contributed by atoms with van der Waals surface area (Å²) in [7, 11) is 0. The first kappa shape index (κ1) is 3.64. The first-order chi connectivity index (χ1) is 3.45. The maximum atomic E-state index is 3.12. The van der Waals surface area contributed by atoms with Crippen LogP contribution in [0.25, 0.3) is 0 Å². The van der Waals surface area contributed by atoms with Crippen LogP contribution >= 0.6 is 0 Å². The Kier molecular flexibility index (Phi) is 0.562. The Bertz CT molecular complexity index is 96.6. The third-order valence-electron chi connectivity index (χ3n) is 1.54. The van der Waals surface area contributed by atoms with Crippen LogP contribution in [0.2, 0.25) is 0 Å². The van der Waals surface area contributed by atoms with Gasteiger partial charge < -0.3 is 0 Å². The number of hydrogen-bond donors (Lipinski definition) is 2. The van der Waals surface area contributed by atoms with E-state index in [0.29, 0.717) is 12.1 Å². The highest BCUT2D eigenvalue weighted by molar-refractivity contribution is 5.12. The largest absolute Gasteiger partial charge is 0.250 e. The summed E-state index contributed by atoms with van der Waals surface area (Å²) >= 11 is 0. The highest BCUT2D eigenvalue weighted by atomic mass is 15.4. The van der Waals surface area contributed by atoms with Gasteiger partial charge in [0.2, 0.25) is 0 Å². The summed E-state index contributed by atoms with van der Waals surface area (Å²) in [5.74, 6) is 0. The molecular formula is C5H8N2. The van der Waals surface area contributed by atoms with Crippen molar-refractivity contribution in [1.29, 1.82) is 0 Å². The maximum absolute atomic E-state index is 3.12. The molecule has 2 N–H and O–H groups in total. The molecule has 1 heterocycles. The molecule has 0 saturated carbocycles. The van der Waals surface area contributed by atoms with Crippen molar-refractivity contribution < 1.29 is 0 Å². The van der Waals surface area contributed by atoms with Crippen LogP contribution in [0, 0.1) is 0 Å². The molecule has 0 aromatic carbocycles. The Morgan fingerprint density at radius 1 is 1.14 bits per heavy atom. The summed E-state index contributed by atoms with van der Waals surface area (Å²) in [4.78, 5) is 0. The van der Waals surface area contributed by atoms with Gasteiger partial charge in [-0.1, -0.05) is 12.2 Å². The third kappa shape index (κ3) is 0.406. The third-order valence-corrected chi connectivity index (χ3v) is 1.54. The molecule has 1 fully saturated rings. The molecule has 2 nitrogen and oxygen atoms in total. The predicted octanol–water partition coefficient (Wildman–Crippen LogP) is -0.209. The summed E-state index contributed by atoms with van der Waals surface area (Å²) < 4.78 is 0. The molecule has 0 aromatic rings. The summed E-state index contributed by atoms with van der Waals surface area (Å²) in [6, 6.07) is 1.26. The fourth-order valence-corrected chi connectivity index (χ4v) is 1.13. The maximum Gasteiger partial charge on any atom is 0.0412 e. The molecule has 2 rings (SSSR count). The van der Waals surface area contributed by atoms with Crippen LogP contribution in [0.3, 0.4) is 0 Å². The molecule has 2 bridgehead atoms. The van der Waals surface area contributed by atoms with Crippen molar-refractivity contribution in [2.75, 3.05) is 0 Å². The highest BCUT2D eigenvalue weighted by Crippen LogP contribution is 2.14. The predicted molar refractivity (Wildman–Crippen MR) is 27.6 cm³/mol. The van der Waals surface area contributed by atoms with E-state index in [9.17, 15) is 0 Å². The van der Waals surface area contributed by atoms with Crippen LogP contribution in [-0.2, 0) is 0 Å². The lowest BCUT2D eigenvalue weighted by Crippen LogP contribution is -2.34. The van der Waals surface area contributed by atoms with Gasteiger partial charge in [0.1, 0.15) is 0 Å². The van der Waals surface area contributed by atoms with Crippen molar-refractivity contribution in [2.24, 2.45) is 0 Å². The lowest BCUT2D eigenvalue weighted by molar-refractivity contribution is 0.585. The summed E-state index contributed by atoms with van der Waals surface area (Å²) in [5.41, 5.74) is 6.24. The van der Waals surface area contributed by atoms with Crippen LogP contribution in [0.5, 0.6) is 0 Å². The van der Waals surface area contributed by atoms with Crippen molar-refractivity contribution in [3.05, 3.63) is 12.2 Å². The Morgan fingerprint density at radius 2 is 1.71 bits per heavy atom. The molecule has 1 aliphatic carbocycles. The number of rotatable bonds is 0. The van der Waals surface area contributed by atoms with E-state index in [1.807, 2.05) is 0 Å². The standard InChI is InChI=1S/C5H8N2/c1-2-5-3-4(1)6-7-5/h1-2,4-7H,3H2/t4-,5+. The van der Waals surface area contributed by atoms with Crippen molar-refractivity contribution in [3.8, 4) is 0 Å². The van der Waals surface area contributed by atoms with E-state index < -0.39 is 0 Å². The molecule has 0 aromatic heterocycles. The van der Waals surface area contributed by atoms with Gasteiger partial charge in [-0.2, -0.15) is 0 Å². The second kappa shape index (κ2) is 1.08. The first-order valence-corrected chi connectivity index (χ1v) is 2.64. The van der Waals surface area contributed by atoms with Gasteiger partial charge in [-0.15, -0.1) is 0 Å². The lowest BCUT2D eigenvalue weighted by atomic mass is 10.3. The van der Waals surface area contributed by atoms with Crippen LogP contribution in [0.1, 0.15) is 6.42 Å². The number of hydrazine groups is 1. The Balaban J connectivity index is 2.27. The Labute approximate surface area is 42.6 Å². The minimum atomic E-state index is 0.630. The summed E-state index contributed by atoms with van der Waals surface area (Å²) in [6.07, 6.45) is 5.67. The molecule has 0 spiro atoms. The smallest absolute Gasteiger partial charge is 0.0412 e. The van der Waals surface area contributed by atoms with E-state index in [1.165, 1.54) is 6.42 Å². The fraction of sp³-hybridized carbons (Fsp3) is 0.600. The molecule has 0 amide bonds. The van der Waals surface area contributed by atoms with E-state index in [4.69, 9.17) is 0 Å². The molecular weight excluding hydrogens is 88.1 g/mol. The quantitative estimate of drug-likeness (QED) is 0.408. The monoisotopic (exact) mass is 96.1 g/mol. The van der Waals surface area contributed by atoms with Gasteiger partial charge in [-0.3, -0.25) is 10.9 Å². The molecule has 38 valence electrons. The van der Waals surface area contributed by atoms with Crippen molar-refractivity contribution in [2.45, 2.75) is 18.5 Å². The minimum absolute atomic E-state index is 0.630. The van der Waals surface area contributed by atoms with Gasteiger partial charge in [0.15, 0.2) is 0 Å². The van der Waals surface area contributed by atoms with E-state index >= 15 is 0 Å². The average molecular weight is 96.1 g/mol. The normalized spacial score (nSPS) is 45.7. The van der Waals surface area contributed by atoms with Crippen LogP contribution in [-0.4, -0.2) is 12.1 Å². The zero-order valence-electron chi connectivity index (χ0n) is 4.02. The van der Waals surface area contributed by atoms with E-state index in [0.717, 1.165) is 0 Å². The van der Waals surface area contributed by atoms with Crippen LogP contribution in [0.15, 0.2) is 12.2 Å². The van der Waals surface area contributed by atoms with Crippen molar-refractivity contribution in [3.63, 3.8) is 0 Å². The van der Waals surface area contributed by atoms with Crippen LogP contribution in [0.4, 0.5) is 0 Å². The van der Waals surface area contributed by atoms with Crippen molar-refractivity contribution in [1.82, 2.24) is 10.9 Å². The second-order valence-electron chi connectivity index (χ2n) is 2.12. The van der Waals surface area contributed by atoms with Gasteiger partial charge in [0.05, 0.1) is 0 Å². The van der Waals surface area contributed by atoms with Crippen LogP contribution < -0.4 is 10.9 Å². The lowest BCUT2D eigenvalue weighted by Gasteiger charge is -2.03. The SMILES string of the molecule is C1=C[C@H]2C[C@@H]1NN2. The summed E-state index contributed by atoms with van der Waals surface area (Å²) in [6.45, 7) is 0. The Morgan fingerprint density at radius 3 is 1.86 bits per heavy atom. The van der Waals surface area contributed by atoms with Gasteiger partial charge >= 0.3 is 0 Å². The molecule has 2 heteroatoms. The number of fused-ring (bicyclic) bond motifs is 2. The van der Waals surface area contributed by atoms with Gasteiger partial charge in [0, 0.05) is 12.1 Å². The molecule has 7 heavy (non-hydrogen) atoms. The highest BCUT2D eigenvalue weighted by Gasteiger charge is 2.24. The number of hydrogen-bond acceptors (Lipinski definition) is 2. The van der Waals surface area contributed by atoms with Gasteiger partial charge in [-0.05, 0) is 6.42 Å². The number of nitrogens with one attached hydrogen (secondary N) is 2. The zero-order chi connectivity index (χ0) is 4.69. The van der Waals surface area contributed by atoms with E-state index in [-0.39, 0.29) is 0 Å². The molecule has 1 saturated heterocycles. The molecule has 1 aliphatic heterocycles. The zero-order valence-corrected chi connectivity index (χ0v) is 4.02. The molecule has 2 aliphatic rings. The van der Waals surface area contributed by atoms with E-state index in [1.54, 1.807) is 0 Å². The molecule has 2 atom stereocenters. The van der Waals surface area contributed by atoms with Gasteiger partial charge in [0.25, 0.3) is 0 Å². The molecule has 0 radical (unpaired) electrons. The summed E-state index contributed by atoms with van der Waals surface area (Å²) in [5, 5.41) is 0. The topological polar surface area (TPSA) is 24.1 Å². The Hall–Kier alpha value is -0.340. The minimum Gasteiger partial charge on any atom is -0.250 e. The average Bonchev–Trinajstić information content (AvgIpc) is 2.22.